The van der Waals surface area contributed by atoms with Crippen molar-refractivity contribution in [1.82, 2.24) is 5.32 Å². The molecule has 128 valence electrons. The van der Waals surface area contributed by atoms with E-state index in [1.54, 1.807) is 32.4 Å². The van der Waals surface area contributed by atoms with Crippen molar-refractivity contribution in [3.8, 4) is 11.5 Å². The van der Waals surface area contributed by atoms with E-state index in [0.29, 0.717) is 29.5 Å². The summed E-state index contributed by atoms with van der Waals surface area (Å²) in [7, 11) is 3.27. The smallest absolute Gasteiger partial charge is 0.251 e. The Morgan fingerprint density at radius 1 is 1.30 bits per heavy atom. The molecule has 1 aromatic carbocycles. The summed E-state index contributed by atoms with van der Waals surface area (Å²) in [5.74, 6) is 1.59. The second-order valence-corrected chi connectivity index (χ2v) is 6.51. The summed E-state index contributed by atoms with van der Waals surface area (Å²) in [5.41, 5.74) is 0.257. The molecule has 0 heterocycles. The zero-order valence-corrected chi connectivity index (χ0v) is 14.6. The summed E-state index contributed by atoms with van der Waals surface area (Å²) in [6.45, 7) is 6.44. The lowest BCUT2D eigenvalue weighted by molar-refractivity contribution is -0.0112. The molecule has 0 bridgehead atoms. The fourth-order valence-electron chi connectivity index (χ4n) is 2.60. The molecule has 2 rings (SSSR count). The molecule has 0 saturated heterocycles. The first-order chi connectivity index (χ1) is 10.9. The monoisotopic (exact) mass is 321 g/mol. The third-order valence-electron chi connectivity index (χ3n) is 4.30. The van der Waals surface area contributed by atoms with Crippen molar-refractivity contribution < 1.29 is 19.0 Å². The molecule has 1 fully saturated rings. The minimum Gasteiger partial charge on any atom is -0.493 e. The molecule has 1 aliphatic rings. The predicted octanol–water partition coefficient (Wildman–Crippen LogP) is 3.03. The highest BCUT2D eigenvalue weighted by Crippen LogP contribution is 2.41. The summed E-state index contributed by atoms with van der Waals surface area (Å²) >= 11 is 0. The first kappa shape index (κ1) is 17.6. The maximum Gasteiger partial charge on any atom is 0.251 e. The van der Waals surface area contributed by atoms with Crippen LogP contribution in [0.3, 0.4) is 0 Å². The molecule has 1 aromatic rings. The minimum absolute atomic E-state index is 0.0459. The molecule has 1 unspecified atom stereocenters. The molecule has 23 heavy (non-hydrogen) atoms. The van der Waals surface area contributed by atoms with Crippen LogP contribution in [0, 0.1) is 5.92 Å². The van der Waals surface area contributed by atoms with E-state index < -0.39 is 0 Å². The molecule has 0 spiro atoms. The van der Waals surface area contributed by atoms with Crippen LogP contribution in [-0.2, 0) is 4.74 Å². The SMILES string of the molecule is COc1cc(C(=O)NCC(C)(OC)C2CC2)ccc1OC(C)C. The summed E-state index contributed by atoms with van der Waals surface area (Å²) in [5, 5.41) is 2.96. The van der Waals surface area contributed by atoms with Crippen molar-refractivity contribution in [3.63, 3.8) is 0 Å². The van der Waals surface area contributed by atoms with E-state index >= 15 is 0 Å². The van der Waals surface area contributed by atoms with Gasteiger partial charge in [-0.15, -0.1) is 0 Å². The van der Waals surface area contributed by atoms with E-state index in [1.165, 1.54) is 0 Å². The minimum atomic E-state index is -0.291. The molecule has 0 aliphatic heterocycles. The van der Waals surface area contributed by atoms with Crippen molar-refractivity contribution in [3.05, 3.63) is 23.8 Å². The zero-order chi connectivity index (χ0) is 17.0. The standard InChI is InChI=1S/C18H27NO4/c1-12(2)23-15-9-6-13(10-16(15)21-4)17(20)19-11-18(3,22-5)14-7-8-14/h6,9-10,12,14H,7-8,11H2,1-5H3,(H,19,20). The van der Waals surface area contributed by atoms with Crippen LogP contribution in [0.15, 0.2) is 18.2 Å². The number of amides is 1. The number of carbonyl (C=O) groups is 1. The number of ether oxygens (including phenoxy) is 3. The van der Waals surface area contributed by atoms with Crippen molar-refractivity contribution >= 4 is 5.91 Å². The Morgan fingerprint density at radius 2 is 2.00 bits per heavy atom. The van der Waals surface area contributed by atoms with E-state index in [1.807, 2.05) is 20.8 Å². The number of benzene rings is 1. The highest BCUT2D eigenvalue weighted by molar-refractivity contribution is 5.94. The maximum absolute atomic E-state index is 12.4. The van der Waals surface area contributed by atoms with E-state index in [-0.39, 0.29) is 17.6 Å². The van der Waals surface area contributed by atoms with Crippen LogP contribution in [-0.4, -0.2) is 38.4 Å². The summed E-state index contributed by atoms with van der Waals surface area (Å²) in [6.07, 6.45) is 2.37. The lowest BCUT2D eigenvalue weighted by Crippen LogP contribution is -2.43. The number of hydrogen-bond acceptors (Lipinski definition) is 4. The molecule has 1 saturated carbocycles. The lowest BCUT2D eigenvalue weighted by atomic mass is 10.00. The van der Waals surface area contributed by atoms with Gasteiger partial charge in [0.05, 0.1) is 18.8 Å². The Labute approximate surface area is 138 Å². The van der Waals surface area contributed by atoms with Crippen LogP contribution in [0.2, 0.25) is 0 Å². The Kier molecular flexibility index (Phi) is 5.52. The van der Waals surface area contributed by atoms with Gasteiger partial charge in [-0.05, 0) is 57.7 Å². The van der Waals surface area contributed by atoms with Crippen molar-refractivity contribution in [2.45, 2.75) is 45.3 Å². The van der Waals surface area contributed by atoms with Gasteiger partial charge in [0, 0.05) is 19.2 Å². The normalized spacial score (nSPS) is 16.8. The average Bonchev–Trinajstić information content (AvgIpc) is 3.37. The van der Waals surface area contributed by atoms with Gasteiger partial charge >= 0.3 is 0 Å². The zero-order valence-electron chi connectivity index (χ0n) is 14.6. The predicted molar refractivity (Wildman–Crippen MR) is 89.2 cm³/mol. The number of rotatable bonds is 8. The molecule has 5 nitrogen and oxygen atoms in total. The van der Waals surface area contributed by atoms with E-state index in [0.717, 1.165) is 12.8 Å². The van der Waals surface area contributed by atoms with Crippen LogP contribution in [0.25, 0.3) is 0 Å². The number of methoxy groups -OCH3 is 2. The number of carbonyl (C=O) groups excluding carboxylic acids is 1. The third-order valence-corrected chi connectivity index (χ3v) is 4.30. The van der Waals surface area contributed by atoms with Gasteiger partial charge in [0.2, 0.25) is 0 Å². The molecule has 0 aromatic heterocycles. The van der Waals surface area contributed by atoms with E-state index in [4.69, 9.17) is 14.2 Å². The molecular weight excluding hydrogens is 294 g/mol. The van der Waals surface area contributed by atoms with Crippen LogP contribution in [0.4, 0.5) is 0 Å². The molecule has 5 heteroatoms. The van der Waals surface area contributed by atoms with Crippen LogP contribution >= 0.6 is 0 Å². The fraction of sp³-hybridized carbons (Fsp3) is 0.611. The van der Waals surface area contributed by atoms with Crippen molar-refractivity contribution in [2.75, 3.05) is 20.8 Å². The second-order valence-electron chi connectivity index (χ2n) is 6.51. The second kappa shape index (κ2) is 7.21. The molecule has 1 atom stereocenters. The Balaban J connectivity index is 2.04. The van der Waals surface area contributed by atoms with Crippen molar-refractivity contribution in [1.29, 1.82) is 0 Å². The van der Waals surface area contributed by atoms with Crippen LogP contribution < -0.4 is 14.8 Å². The first-order valence-electron chi connectivity index (χ1n) is 8.07. The van der Waals surface area contributed by atoms with Gasteiger partial charge in [-0.3, -0.25) is 4.79 Å². The number of nitrogens with one attached hydrogen (secondary N) is 1. The largest absolute Gasteiger partial charge is 0.493 e. The Bertz CT molecular complexity index is 554. The van der Waals surface area contributed by atoms with Gasteiger partial charge in [-0.1, -0.05) is 0 Å². The maximum atomic E-state index is 12.4. The van der Waals surface area contributed by atoms with Crippen molar-refractivity contribution in [2.24, 2.45) is 5.92 Å². The van der Waals surface area contributed by atoms with Gasteiger partial charge in [0.1, 0.15) is 0 Å². The summed E-state index contributed by atoms with van der Waals surface area (Å²) < 4.78 is 16.6. The fourth-order valence-corrected chi connectivity index (χ4v) is 2.60. The average molecular weight is 321 g/mol. The molecule has 1 aliphatic carbocycles. The van der Waals surface area contributed by atoms with E-state index in [2.05, 4.69) is 5.32 Å². The molecular formula is C18H27NO4. The van der Waals surface area contributed by atoms with Gasteiger partial charge in [-0.25, -0.2) is 0 Å². The molecule has 1 amide bonds. The highest BCUT2D eigenvalue weighted by Gasteiger charge is 2.41. The van der Waals surface area contributed by atoms with Gasteiger partial charge in [-0.2, -0.15) is 0 Å². The quantitative estimate of drug-likeness (QED) is 0.799. The van der Waals surface area contributed by atoms with E-state index in [9.17, 15) is 4.79 Å². The van der Waals surface area contributed by atoms with Gasteiger partial charge in [0.25, 0.3) is 5.91 Å². The Morgan fingerprint density at radius 3 is 2.52 bits per heavy atom. The molecule has 1 N–H and O–H groups in total. The lowest BCUT2D eigenvalue weighted by Gasteiger charge is -2.28. The molecule has 0 radical (unpaired) electrons. The topological polar surface area (TPSA) is 56.8 Å². The first-order valence-corrected chi connectivity index (χ1v) is 8.07. The third kappa shape index (κ3) is 4.38. The Hall–Kier alpha value is -1.75. The summed E-state index contributed by atoms with van der Waals surface area (Å²) in [4.78, 5) is 12.4. The highest BCUT2D eigenvalue weighted by atomic mass is 16.5. The van der Waals surface area contributed by atoms with Crippen LogP contribution in [0.5, 0.6) is 11.5 Å². The van der Waals surface area contributed by atoms with Gasteiger partial charge in [0.15, 0.2) is 11.5 Å². The number of hydrogen-bond donors (Lipinski definition) is 1. The van der Waals surface area contributed by atoms with Crippen LogP contribution in [0.1, 0.15) is 44.0 Å². The van der Waals surface area contributed by atoms with Gasteiger partial charge < -0.3 is 19.5 Å². The summed E-state index contributed by atoms with van der Waals surface area (Å²) in [6, 6.07) is 5.22.